The molecule has 17 atom stereocenters. The molecule has 1 unspecified atom stereocenters. The Morgan fingerprint density at radius 1 is 0.788 bits per heavy atom. The second-order valence-electron chi connectivity index (χ2n) is 18.1. The molecule has 8 heterocycles. The van der Waals surface area contributed by atoms with Gasteiger partial charge in [0.15, 0.2) is 23.8 Å². The van der Waals surface area contributed by atoms with Crippen LogP contribution in [0.5, 0.6) is 0 Å². The summed E-state index contributed by atoms with van der Waals surface area (Å²) in [5.41, 5.74) is 0.0834. The van der Waals surface area contributed by atoms with Gasteiger partial charge in [0.05, 0.1) is 6.10 Å². The smallest absolute Gasteiger partial charge is 0.411 e. The van der Waals surface area contributed by atoms with E-state index >= 15 is 0 Å². The summed E-state index contributed by atoms with van der Waals surface area (Å²) in [6.07, 6.45) is 4.54. The average Bonchev–Trinajstić information content (AvgIpc) is 3.45. The molecular formula is C40H56ClNO10. The van der Waals surface area contributed by atoms with E-state index < -0.39 is 53.7 Å². The van der Waals surface area contributed by atoms with Crippen molar-refractivity contribution in [2.45, 2.75) is 160 Å². The minimum Gasteiger partial charge on any atom is -0.443 e. The van der Waals surface area contributed by atoms with Crippen molar-refractivity contribution in [2.24, 2.45) is 47.3 Å². The molecule has 2 saturated carbocycles. The molecule has 12 heteroatoms. The van der Waals surface area contributed by atoms with Crippen molar-refractivity contribution in [2.75, 3.05) is 5.32 Å². The second kappa shape index (κ2) is 12.7. The first-order chi connectivity index (χ1) is 24.7. The highest BCUT2D eigenvalue weighted by molar-refractivity contribution is 6.31. The molecule has 11 nitrogen and oxygen atoms in total. The van der Waals surface area contributed by atoms with Crippen LogP contribution in [-0.4, -0.2) is 59.8 Å². The lowest BCUT2D eigenvalue weighted by atomic mass is 9.56. The second-order valence-corrected chi connectivity index (χ2v) is 18.6. The van der Waals surface area contributed by atoms with Gasteiger partial charge in [-0.25, -0.2) is 24.3 Å². The Labute approximate surface area is 312 Å². The molecule has 52 heavy (non-hydrogen) atoms. The normalized spacial score (nSPS) is 51.0. The number of aryl methyl sites for hydroxylation is 1. The first kappa shape index (κ1) is 36.1. The van der Waals surface area contributed by atoms with Crippen LogP contribution >= 0.6 is 11.6 Å². The van der Waals surface area contributed by atoms with E-state index in [0.29, 0.717) is 29.0 Å². The molecule has 2 spiro atoms. The predicted molar refractivity (Wildman–Crippen MR) is 188 cm³/mol. The molecule has 1 aromatic carbocycles. The summed E-state index contributed by atoms with van der Waals surface area (Å²) in [4.78, 5) is 38.9. The molecule has 11 rings (SSSR count). The van der Waals surface area contributed by atoms with Gasteiger partial charge in [-0.2, -0.15) is 0 Å². The van der Waals surface area contributed by atoms with Gasteiger partial charge < -0.3 is 23.7 Å². The fraction of sp³-hybridized carbons (Fsp3) is 0.825. The lowest BCUT2D eigenvalue weighted by molar-refractivity contribution is -0.573. The zero-order valence-corrected chi connectivity index (χ0v) is 32.3. The Kier molecular flexibility index (Phi) is 8.85. The number of ether oxygens (including phenoxy) is 5. The number of amides is 1. The van der Waals surface area contributed by atoms with E-state index in [2.05, 4.69) is 33.0 Å². The van der Waals surface area contributed by atoms with Gasteiger partial charge >= 0.3 is 6.09 Å². The molecule has 8 saturated heterocycles. The highest BCUT2D eigenvalue weighted by Crippen LogP contribution is 2.63. The first-order valence-corrected chi connectivity index (χ1v) is 20.3. The number of benzene rings is 1. The quantitative estimate of drug-likeness (QED) is 0.295. The number of fused-ring (bicyclic) bond motifs is 4. The highest BCUT2D eigenvalue weighted by atomic mass is 35.5. The van der Waals surface area contributed by atoms with E-state index in [-0.39, 0.29) is 41.6 Å². The number of nitrogens with one attached hydrogen (secondary N) is 1. The Bertz CT molecular complexity index is 1550. The highest BCUT2D eigenvalue weighted by Gasteiger charge is 2.72. The van der Waals surface area contributed by atoms with E-state index in [9.17, 15) is 4.79 Å². The van der Waals surface area contributed by atoms with Crippen LogP contribution in [0.2, 0.25) is 5.02 Å². The van der Waals surface area contributed by atoms with Gasteiger partial charge in [0.25, 0.3) is 0 Å². The summed E-state index contributed by atoms with van der Waals surface area (Å²) in [5.74, 6) is -0.180. The maximum Gasteiger partial charge on any atom is 0.411 e. The van der Waals surface area contributed by atoms with Gasteiger partial charge in [-0.15, -0.1) is 0 Å². The van der Waals surface area contributed by atoms with Crippen molar-refractivity contribution in [3.05, 3.63) is 28.8 Å². The van der Waals surface area contributed by atoms with Gasteiger partial charge in [-0.05, 0) is 119 Å². The van der Waals surface area contributed by atoms with Crippen LogP contribution in [0.4, 0.5) is 10.5 Å². The van der Waals surface area contributed by atoms with Crippen molar-refractivity contribution in [1.29, 1.82) is 0 Å². The van der Waals surface area contributed by atoms with E-state index in [1.54, 1.807) is 6.07 Å². The van der Waals surface area contributed by atoms with Crippen LogP contribution < -0.4 is 5.32 Å². The SMILES string of the molecule is Cc1cc(Cl)cc(NC(=O)O[C@@H](C[C@H]2O[C@@H]3O[C@]4(C)CC[C@H]5[C@H](C)CC[C@@H]([C@H]2C)[C@@]35OO4)C2O[C@@H]3O[C@]4(C)CC[C@H]5[C@H](C)CC[C@@H]([C@H]2C)[C@@]35OO4)c1. The van der Waals surface area contributed by atoms with Crippen LogP contribution in [0.3, 0.4) is 0 Å². The van der Waals surface area contributed by atoms with Crippen LogP contribution in [0, 0.1) is 54.3 Å². The summed E-state index contributed by atoms with van der Waals surface area (Å²) >= 11 is 6.36. The van der Waals surface area contributed by atoms with Gasteiger partial charge in [-0.1, -0.05) is 39.3 Å². The van der Waals surface area contributed by atoms with Gasteiger partial charge in [0, 0.05) is 41.8 Å². The molecule has 288 valence electrons. The predicted octanol–water partition coefficient (Wildman–Crippen LogP) is 8.46. The van der Waals surface area contributed by atoms with Gasteiger partial charge in [0.2, 0.25) is 11.6 Å². The number of hydrogen-bond acceptors (Lipinski definition) is 10. The van der Waals surface area contributed by atoms with Gasteiger partial charge in [-0.3, -0.25) is 5.32 Å². The number of halogens is 1. The number of rotatable bonds is 5. The Balaban J connectivity index is 1.05. The summed E-state index contributed by atoms with van der Waals surface area (Å²) in [6, 6.07) is 5.44. The number of anilines is 1. The summed E-state index contributed by atoms with van der Waals surface area (Å²) < 4.78 is 34.0. The lowest BCUT2D eigenvalue weighted by Gasteiger charge is -2.62. The third-order valence-corrected chi connectivity index (χ3v) is 15.1. The van der Waals surface area contributed by atoms with E-state index in [4.69, 9.17) is 54.8 Å². The Morgan fingerprint density at radius 3 is 1.96 bits per heavy atom. The molecule has 10 aliphatic rings. The van der Waals surface area contributed by atoms with Crippen molar-refractivity contribution < 1.29 is 48.0 Å². The molecule has 10 fully saturated rings. The topological polar surface area (TPSA) is 112 Å². The summed E-state index contributed by atoms with van der Waals surface area (Å²) in [5, 5.41) is 3.48. The van der Waals surface area contributed by atoms with Crippen LogP contribution in [0.1, 0.15) is 105 Å². The molecular weight excluding hydrogens is 690 g/mol. The van der Waals surface area contributed by atoms with Gasteiger partial charge in [0.1, 0.15) is 12.2 Å². The summed E-state index contributed by atoms with van der Waals surface area (Å²) in [6.45, 7) is 14.9. The minimum atomic E-state index is -0.918. The van der Waals surface area contributed by atoms with Crippen LogP contribution in [0.15, 0.2) is 18.2 Å². The minimum absolute atomic E-state index is 0.0435. The van der Waals surface area contributed by atoms with E-state index in [1.165, 1.54) is 0 Å². The monoisotopic (exact) mass is 745 g/mol. The maximum absolute atomic E-state index is 13.9. The number of carbonyl (C=O) groups is 1. The van der Waals surface area contributed by atoms with Crippen molar-refractivity contribution in [3.63, 3.8) is 0 Å². The standard InChI is InChI=1S/C40H56ClNO10/c1-20-16-25(41)18-26(17-20)42-36(43)45-32(33-24(5)30-11-9-22(3)28-13-15-38(7)48-35(46-33)40(28,30)52-50-38)19-31-23(4)29-10-8-21(2)27-12-14-37(6)47-34(44-31)39(27,29)51-49-37/h16-18,21-24,27-35H,8-15,19H2,1-7H3,(H,42,43)/t21-,22-,23-,24-,27+,28+,29+,30+,31-,32+,33?,34-,35-,37+,38+,39-,40-/m1/s1. The van der Waals surface area contributed by atoms with Crippen LogP contribution in [0.25, 0.3) is 0 Å². The third kappa shape index (κ3) is 5.53. The molecule has 1 amide bonds. The first-order valence-electron chi connectivity index (χ1n) is 19.9. The fourth-order valence-electron chi connectivity index (χ4n) is 12.2. The zero-order chi connectivity index (χ0) is 36.4. The maximum atomic E-state index is 13.9. The fourth-order valence-corrected chi connectivity index (χ4v) is 12.5. The summed E-state index contributed by atoms with van der Waals surface area (Å²) in [7, 11) is 0. The molecule has 1 aromatic rings. The molecule has 0 aromatic heterocycles. The third-order valence-electron chi connectivity index (χ3n) is 14.9. The van der Waals surface area contributed by atoms with Crippen molar-refractivity contribution in [3.8, 4) is 0 Å². The molecule has 4 bridgehead atoms. The number of hydrogen-bond donors (Lipinski definition) is 1. The average molecular weight is 746 g/mol. The number of carbonyl (C=O) groups excluding carboxylic acids is 1. The van der Waals surface area contributed by atoms with E-state index in [1.807, 2.05) is 32.9 Å². The Hall–Kier alpha value is -1.54. The van der Waals surface area contributed by atoms with Crippen molar-refractivity contribution in [1.82, 2.24) is 0 Å². The van der Waals surface area contributed by atoms with Crippen LogP contribution in [-0.2, 0) is 43.2 Å². The lowest BCUT2D eigenvalue weighted by Crippen LogP contribution is -2.72. The Morgan fingerprint density at radius 2 is 1.37 bits per heavy atom. The molecule has 8 aliphatic heterocycles. The molecule has 0 radical (unpaired) electrons. The largest absolute Gasteiger partial charge is 0.443 e. The van der Waals surface area contributed by atoms with Crippen molar-refractivity contribution >= 4 is 23.4 Å². The van der Waals surface area contributed by atoms with E-state index in [0.717, 1.165) is 56.9 Å². The molecule has 1 N–H and O–H groups in total. The molecule has 2 aliphatic carbocycles. The zero-order valence-electron chi connectivity index (χ0n) is 31.6.